The highest BCUT2D eigenvalue weighted by molar-refractivity contribution is 6.30. The van der Waals surface area contributed by atoms with Crippen molar-refractivity contribution in [1.82, 2.24) is 9.78 Å². The summed E-state index contributed by atoms with van der Waals surface area (Å²) in [5.41, 5.74) is 1.03. The van der Waals surface area contributed by atoms with E-state index in [2.05, 4.69) is 14.6 Å². The van der Waals surface area contributed by atoms with Crippen LogP contribution in [0.1, 0.15) is 0 Å². The summed E-state index contributed by atoms with van der Waals surface area (Å²) >= 11 is 5.97. The van der Waals surface area contributed by atoms with Gasteiger partial charge in [0.15, 0.2) is 0 Å². The molecule has 1 aromatic heterocycles. The predicted molar refractivity (Wildman–Crippen MR) is 89.3 cm³/mol. The van der Waals surface area contributed by atoms with Crippen LogP contribution in [0.4, 0.5) is 18.0 Å². The normalized spacial score (nSPS) is 11.3. The number of aromatic nitrogens is 2. The fourth-order valence-corrected chi connectivity index (χ4v) is 2.55. The van der Waals surface area contributed by atoms with E-state index < -0.39 is 18.3 Å². The lowest BCUT2D eigenvalue weighted by Gasteiger charge is -2.11. The molecule has 10 heteroatoms. The van der Waals surface area contributed by atoms with E-state index in [9.17, 15) is 18.0 Å². The number of rotatable bonds is 4. The fourth-order valence-electron chi connectivity index (χ4n) is 2.36. The molecule has 0 unspecified atom stereocenters. The van der Waals surface area contributed by atoms with E-state index in [1.165, 1.54) is 22.9 Å². The van der Waals surface area contributed by atoms with Gasteiger partial charge in [0, 0.05) is 16.7 Å². The Kier molecular flexibility index (Phi) is 4.95. The molecule has 0 saturated heterocycles. The van der Waals surface area contributed by atoms with Crippen LogP contribution in [-0.2, 0) is 0 Å². The molecule has 27 heavy (non-hydrogen) atoms. The van der Waals surface area contributed by atoms with Crippen molar-refractivity contribution in [2.24, 2.45) is 0 Å². The van der Waals surface area contributed by atoms with E-state index >= 15 is 0 Å². The van der Waals surface area contributed by atoms with Gasteiger partial charge < -0.3 is 14.6 Å². The second-order valence-electron chi connectivity index (χ2n) is 5.20. The maximum absolute atomic E-state index is 12.5. The molecule has 0 fully saturated rings. The maximum Gasteiger partial charge on any atom is 0.573 e. The first-order valence-corrected chi connectivity index (χ1v) is 7.72. The first-order chi connectivity index (χ1) is 12.7. The van der Waals surface area contributed by atoms with Crippen molar-refractivity contribution < 1.29 is 32.5 Å². The number of benzene rings is 2. The van der Waals surface area contributed by atoms with Crippen molar-refractivity contribution >= 4 is 17.8 Å². The van der Waals surface area contributed by atoms with Crippen molar-refractivity contribution in [3.63, 3.8) is 0 Å². The molecule has 0 aliphatic rings. The number of carboxylic acid groups (broad SMARTS) is 1. The molecule has 0 aliphatic heterocycles. The van der Waals surface area contributed by atoms with Gasteiger partial charge in [-0.3, -0.25) is 0 Å². The van der Waals surface area contributed by atoms with Gasteiger partial charge in [0.2, 0.25) is 5.88 Å². The molecule has 0 aliphatic carbocycles. The van der Waals surface area contributed by atoms with Crippen molar-refractivity contribution in [2.45, 2.75) is 6.36 Å². The monoisotopic (exact) mass is 398 g/mol. The smallest absolute Gasteiger partial charge is 0.449 e. The van der Waals surface area contributed by atoms with E-state index in [1.807, 2.05) is 0 Å². The molecule has 2 aromatic carbocycles. The predicted octanol–water partition coefficient (Wildman–Crippen LogP) is 5.15. The van der Waals surface area contributed by atoms with E-state index in [0.717, 1.165) is 12.1 Å². The van der Waals surface area contributed by atoms with Crippen molar-refractivity contribution in [3.8, 4) is 28.6 Å². The van der Waals surface area contributed by atoms with Crippen molar-refractivity contribution in [1.29, 1.82) is 0 Å². The van der Waals surface area contributed by atoms with Crippen LogP contribution in [0, 0.1) is 0 Å². The molecule has 0 spiro atoms. The number of hydrogen-bond donors (Lipinski definition) is 1. The average molecular weight is 399 g/mol. The Morgan fingerprint density at radius 1 is 1.11 bits per heavy atom. The van der Waals surface area contributed by atoms with Gasteiger partial charge >= 0.3 is 12.5 Å². The summed E-state index contributed by atoms with van der Waals surface area (Å²) in [7, 11) is 0. The molecule has 3 aromatic rings. The van der Waals surface area contributed by atoms with E-state index in [4.69, 9.17) is 16.7 Å². The van der Waals surface area contributed by atoms with Gasteiger partial charge in [-0.1, -0.05) is 29.8 Å². The Bertz CT molecular complexity index is 988. The van der Waals surface area contributed by atoms with Gasteiger partial charge in [-0.2, -0.15) is 0 Å². The molecule has 0 radical (unpaired) electrons. The molecule has 0 saturated carbocycles. The lowest BCUT2D eigenvalue weighted by Crippen LogP contribution is -2.17. The second-order valence-corrected chi connectivity index (χ2v) is 5.64. The average Bonchev–Trinajstić information content (AvgIpc) is 2.96. The summed E-state index contributed by atoms with van der Waals surface area (Å²) in [5.74, 6) is -0.681. The van der Waals surface area contributed by atoms with Gasteiger partial charge in [-0.15, -0.1) is 18.3 Å². The minimum atomic E-state index is -4.84. The zero-order valence-corrected chi connectivity index (χ0v) is 14.0. The Hall–Kier alpha value is -3.20. The highest BCUT2D eigenvalue weighted by atomic mass is 35.5. The SMILES string of the molecule is O=C(O)Oc1cc(-c2cccc(OC(F)(F)F)c2)n(-c2cccc(Cl)c2)n1. The lowest BCUT2D eigenvalue weighted by molar-refractivity contribution is -0.274. The van der Waals surface area contributed by atoms with Crippen LogP contribution in [-0.4, -0.2) is 27.4 Å². The molecule has 0 amide bonds. The highest BCUT2D eigenvalue weighted by Gasteiger charge is 2.31. The molecular formula is C17H10ClF3N2O4. The van der Waals surface area contributed by atoms with Gasteiger partial charge in [-0.25, -0.2) is 9.48 Å². The molecule has 0 bridgehead atoms. The number of hydrogen-bond acceptors (Lipinski definition) is 4. The standard InChI is InChI=1S/C17H10ClF3N2O4/c18-11-4-2-5-12(8-11)23-14(9-15(22-23)26-16(24)25)10-3-1-6-13(7-10)27-17(19,20)21/h1-9H,(H,24,25). The van der Waals surface area contributed by atoms with Gasteiger partial charge in [0.05, 0.1) is 11.4 Å². The third-order valence-electron chi connectivity index (χ3n) is 3.29. The topological polar surface area (TPSA) is 73.6 Å². The summed E-state index contributed by atoms with van der Waals surface area (Å²) < 4.78 is 47.2. The number of halogens is 4. The van der Waals surface area contributed by atoms with E-state index in [0.29, 0.717) is 16.3 Å². The molecule has 1 heterocycles. The second kappa shape index (κ2) is 7.20. The lowest BCUT2D eigenvalue weighted by atomic mass is 10.1. The van der Waals surface area contributed by atoms with Gasteiger partial charge in [0.25, 0.3) is 0 Å². The molecule has 0 atom stereocenters. The number of nitrogens with zero attached hydrogens (tertiary/aromatic N) is 2. The molecule has 6 nitrogen and oxygen atoms in total. The fraction of sp³-hybridized carbons (Fsp3) is 0.0588. The Balaban J connectivity index is 2.10. The molecule has 1 N–H and O–H groups in total. The van der Waals surface area contributed by atoms with Crippen LogP contribution in [0.15, 0.2) is 54.6 Å². The maximum atomic E-state index is 12.5. The van der Waals surface area contributed by atoms with Crippen LogP contribution in [0.5, 0.6) is 11.6 Å². The summed E-state index contributed by atoms with van der Waals surface area (Å²) in [6, 6.07) is 12.9. The molecular weight excluding hydrogens is 389 g/mol. The summed E-state index contributed by atoms with van der Waals surface area (Å²) in [5, 5.41) is 13.2. The molecule has 3 rings (SSSR count). The number of carbonyl (C=O) groups is 1. The summed E-state index contributed by atoms with van der Waals surface area (Å²) in [4.78, 5) is 10.8. The Morgan fingerprint density at radius 2 is 1.85 bits per heavy atom. The van der Waals surface area contributed by atoms with Gasteiger partial charge in [-0.05, 0) is 30.3 Å². The quantitative estimate of drug-likeness (QED) is 0.615. The van der Waals surface area contributed by atoms with Crippen molar-refractivity contribution in [3.05, 3.63) is 59.6 Å². The van der Waals surface area contributed by atoms with Crippen LogP contribution in [0.2, 0.25) is 5.02 Å². The van der Waals surface area contributed by atoms with Crippen LogP contribution in [0.3, 0.4) is 0 Å². The zero-order valence-electron chi connectivity index (χ0n) is 13.3. The minimum absolute atomic E-state index is 0.250. The van der Waals surface area contributed by atoms with Gasteiger partial charge in [0.1, 0.15) is 5.75 Å². The number of alkyl halides is 3. The Morgan fingerprint density at radius 3 is 2.52 bits per heavy atom. The largest absolute Gasteiger partial charge is 0.573 e. The zero-order chi connectivity index (χ0) is 19.6. The van der Waals surface area contributed by atoms with Crippen LogP contribution in [0.25, 0.3) is 16.9 Å². The summed E-state index contributed by atoms with van der Waals surface area (Å²) in [6.07, 6.45) is -6.42. The Labute approximate surface area is 155 Å². The first kappa shape index (κ1) is 18.6. The van der Waals surface area contributed by atoms with E-state index in [1.54, 1.807) is 24.3 Å². The van der Waals surface area contributed by atoms with Crippen molar-refractivity contribution in [2.75, 3.05) is 0 Å². The van der Waals surface area contributed by atoms with E-state index in [-0.39, 0.29) is 11.6 Å². The third-order valence-corrected chi connectivity index (χ3v) is 3.53. The first-order valence-electron chi connectivity index (χ1n) is 7.34. The summed E-state index contributed by atoms with van der Waals surface area (Å²) in [6.45, 7) is 0. The minimum Gasteiger partial charge on any atom is -0.449 e. The molecule has 140 valence electrons. The highest BCUT2D eigenvalue weighted by Crippen LogP contribution is 2.32. The number of ether oxygens (including phenoxy) is 2. The van der Waals surface area contributed by atoms with Crippen LogP contribution >= 0.6 is 11.6 Å². The third kappa shape index (κ3) is 4.70. The van der Waals surface area contributed by atoms with Crippen LogP contribution < -0.4 is 9.47 Å².